The number of rotatable bonds is 6. The Bertz CT molecular complexity index is 1210. The zero-order valence-electron chi connectivity index (χ0n) is 14.7. The molecule has 3 aromatic carbocycles. The highest BCUT2D eigenvalue weighted by atomic mass is 32.2. The van der Waals surface area contributed by atoms with E-state index in [1.54, 1.807) is 22.9 Å². The number of nitrogens with two attached hydrogens (primary N) is 1. The number of para-hydroxylation sites is 1. The summed E-state index contributed by atoms with van der Waals surface area (Å²) in [6, 6.07) is 20.1. The molecule has 7 heteroatoms. The molecule has 0 fully saturated rings. The SMILES string of the molecule is NCCNCn1nc(S(=O)(=O)c2cccc3ccccc23)c2ccccc21. The summed E-state index contributed by atoms with van der Waals surface area (Å²) in [5, 5.41) is 9.86. The van der Waals surface area contributed by atoms with Crippen LogP contribution in [0.4, 0.5) is 0 Å². The van der Waals surface area contributed by atoms with Gasteiger partial charge in [-0.05, 0) is 23.6 Å². The van der Waals surface area contributed by atoms with Crippen molar-refractivity contribution >= 4 is 31.5 Å². The van der Waals surface area contributed by atoms with Crippen LogP contribution < -0.4 is 11.1 Å². The number of nitrogens with one attached hydrogen (secondary N) is 1. The van der Waals surface area contributed by atoms with Crippen LogP contribution in [0.3, 0.4) is 0 Å². The molecule has 0 bridgehead atoms. The Kier molecular flexibility index (Phi) is 4.65. The van der Waals surface area contributed by atoms with Crippen LogP contribution in [0.1, 0.15) is 0 Å². The number of benzene rings is 3. The third-order valence-corrected chi connectivity index (χ3v) is 6.25. The van der Waals surface area contributed by atoms with Gasteiger partial charge >= 0.3 is 0 Å². The first-order valence-electron chi connectivity index (χ1n) is 8.72. The summed E-state index contributed by atoms with van der Waals surface area (Å²) in [6.45, 7) is 1.52. The van der Waals surface area contributed by atoms with Crippen LogP contribution in [0.5, 0.6) is 0 Å². The summed E-state index contributed by atoms with van der Waals surface area (Å²) in [4.78, 5) is 0.269. The number of fused-ring (bicyclic) bond motifs is 2. The van der Waals surface area contributed by atoms with E-state index < -0.39 is 9.84 Å². The molecule has 0 radical (unpaired) electrons. The largest absolute Gasteiger partial charge is 0.329 e. The highest BCUT2D eigenvalue weighted by Gasteiger charge is 2.26. The highest BCUT2D eigenvalue weighted by molar-refractivity contribution is 7.91. The van der Waals surface area contributed by atoms with Crippen molar-refractivity contribution in [1.82, 2.24) is 15.1 Å². The summed E-state index contributed by atoms with van der Waals surface area (Å²) in [6.07, 6.45) is 0. The van der Waals surface area contributed by atoms with Crippen LogP contribution in [-0.4, -0.2) is 31.3 Å². The predicted octanol–water partition coefficient (Wildman–Crippen LogP) is 2.53. The lowest BCUT2D eigenvalue weighted by Crippen LogP contribution is -2.25. The van der Waals surface area contributed by atoms with E-state index in [0.717, 1.165) is 10.9 Å². The Morgan fingerprint density at radius 2 is 1.63 bits per heavy atom. The molecule has 0 atom stereocenters. The minimum Gasteiger partial charge on any atom is -0.329 e. The molecule has 138 valence electrons. The van der Waals surface area contributed by atoms with Crippen molar-refractivity contribution in [3.63, 3.8) is 0 Å². The number of hydrogen-bond donors (Lipinski definition) is 2. The summed E-state index contributed by atoms with van der Waals surface area (Å²) < 4.78 is 28.6. The first-order valence-corrected chi connectivity index (χ1v) is 10.2. The van der Waals surface area contributed by atoms with E-state index in [9.17, 15) is 8.42 Å². The van der Waals surface area contributed by atoms with E-state index in [1.165, 1.54) is 0 Å². The lowest BCUT2D eigenvalue weighted by Gasteiger charge is -2.07. The Morgan fingerprint density at radius 1 is 0.926 bits per heavy atom. The second-order valence-electron chi connectivity index (χ2n) is 6.25. The minimum absolute atomic E-state index is 0.0731. The molecule has 1 heterocycles. The molecule has 0 unspecified atom stereocenters. The molecule has 4 aromatic rings. The molecule has 1 aromatic heterocycles. The number of aromatic nitrogens is 2. The van der Waals surface area contributed by atoms with Gasteiger partial charge in [0.05, 0.1) is 17.1 Å². The lowest BCUT2D eigenvalue weighted by atomic mass is 10.1. The topological polar surface area (TPSA) is 90.0 Å². The first kappa shape index (κ1) is 17.7. The van der Waals surface area contributed by atoms with Crippen LogP contribution in [0.15, 0.2) is 76.7 Å². The summed E-state index contributed by atoms with van der Waals surface area (Å²) in [7, 11) is -3.79. The predicted molar refractivity (Wildman–Crippen MR) is 106 cm³/mol. The molecule has 27 heavy (non-hydrogen) atoms. The number of nitrogens with zero attached hydrogens (tertiary/aromatic N) is 2. The summed E-state index contributed by atoms with van der Waals surface area (Å²) in [5.74, 6) is 0. The molecule has 0 saturated heterocycles. The van der Waals surface area contributed by atoms with Crippen molar-refractivity contribution in [2.45, 2.75) is 16.6 Å². The highest BCUT2D eigenvalue weighted by Crippen LogP contribution is 2.31. The van der Waals surface area contributed by atoms with Gasteiger partial charge in [0.25, 0.3) is 0 Å². The van der Waals surface area contributed by atoms with Crippen LogP contribution in [0.25, 0.3) is 21.7 Å². The van der Waals surface area contributed by atoms with Gasteiger partial charge in [-0.3, -0.25) is 5.32 Å². The normalized spacial score (nSPS) is 12.0. The monoisotopic (exact) mass is 380 g/mol. The molecule has 0 aliphatic carbocycles. The van der Waals surface area contributed by atoms with Gasteiger partial charge < -0.3 is 5.73 Å². The molecule has 0 aliphatic rings. The maximum atomic E-state index is 13.5. The average molecular weight is 380 g/mol. The fourth-order valence-electron chi connectivity index (χ4n) is 3.24. The summed E-state index contributed by atoms with van der Waals surface area (Å²) in [5.41, 5.74) is 6.29. The standard InChI is InChI=1S/C20H20N4O2S/c21-12-13-22-14-24-18-10-4-3-9-17(18)20(23-24)27(25,26)19-11-5-7-15-6-1-2-8-16(15)19/h1-11,22H,12-14,21H2. The van der Waals surface area contributed by atoms with Gasteiger partial charge in [0.1, 0.15) is 0 Å². The smallest absolute Gasteiger partial charge is 0.226 e. The van der Waals surface area contributed by atoms with Crippen molar-refractivity contribution in [3.05, 3.63) is 66.7 Å². The lowest BCUT2D eigenvalue weighted by molar-refractivity contribution is 0.518. The van der Waals surface area contributed by atoms with E-state index in [-0.39, 0.29) is 9.92 Å². The molecular weight excluding hydrogens is 360 g/mol. The second kappa shape index (κ2) is 7.11. The van der Waals surface area contributed by atoms with Crippen LogP contribution in [0, 0.1) is 0 Å². The van der Waals surface area contributed by atoms with Gasteiger partial charge in [-0.15, -0.1) is 0 Å². The van der Waals surface area contributed by atoms with Crippen molar-refractivity contribution < 1.29 is 8.42 Å². The molecule has 0 amide bonds. The van der Waals surface area contributed by atoms with Crippen LogP contribution >= 0.6 is 0 Å². The quantitative estimate of drug-likeness (QED) is 0.502. The van der Waals surface area contributed by atoms with Crippen LogP contribution in [-0.2, 0) is 16.5 Å². The molecule has 6 nitrogen and oxygen atoms in total. The van der Waals surface area contributed by atoms with Gasteiger partial charge in [0.15, 0.2) is 5.03 Å². The number of hydrogen-bond acceptors (Lipinski definition) is 5. The Labute approximate surface area is 157 Å². The molecule has 0 saturated carbocycles. The van der Waals surface area contributed by atoms with Crippen molar-refractivity contribution in [2.75, 3.05) is 13.1 Å². The van der Waals surface area contributed by atoms with E-state index in [4.69, 9.17) is 5.73 Å². The molecule has 3 N–H and O–H groups in total. The Hall–Kier alpha value is -2.74. The van der Waals surface area contributed by atoms with Crippen molar-refractivity contribution in [3.8, 4) is 0 Å². The minimum atomic E-state index is -3.79. The second-order valence-corrected chi connectivity index (χ2v) is 8.08. The zero-order chi connectivity index (χ0) is 18.9. The van der Waals surface area contributed by atoms with Gasteiger partial charge in [0, 0.05) is 23.9 Å². The fraction of sp³-hybridized carbons (Fsp3) is 0.150. The van der Waals surface area contributed by atoms with E-state index in [0.29, 0.717) is 30.5 Å². The maximum absolute atomic E-state index is 13.5. The molecular formula is C20H20N4O2S. The zero-order valence-corrected chi connectivity index (χ0v) is 15.5. The van der Waals surface area contributed by atoms with Gasteiger partial charge in [-0.2, -0.15) is 5.10 Å². The molecule has 0 spiro atoms. The van der Waals surface area contributed by atoms with Gasteiger partial charge in [0.2, 0.25) is 9.84 Å². The van der Waals surface area contributed by atoms with Crippen molar-refractivity contribution in [1.29, 1.82) is 0 Å². The van der Waals surface area contributed by atoms with Crippen molar-refractivity contribution in [2.24, 2.45) is 5.73 Å². The van der Waals surface area contributed by atoms with Gasteiger partial charge in [-0.25, -0.2) is 13.1 Å². The third kappa shape index (κ3) is 3.10. The Morgan fingerprint density at radius 3 is 2.44 bits per heavy atom. The summed E-state index contributed by atoms with van der Waals surface area (Å²) >= 11 is 0. The Balaban J connectivity index is 1.90. The van der Waals surface area contributed by atoms with Gasteiger partial charge in [-0.1, -0.05) is 48.5 Å². The number of sulfone groups is 1. The maximum Gasteiger partial charge on any atom is 0.226 e. The third-order valence-electron chi connectivity index (χ3n) is 4.50. The molecule has 0 aliphatic heterocycles. The fourth-order valence-corrected chi connectivity index (χ4v) is 4.85. The van der Waals surface area contributed by atoms with E-state index >= 15 is 0 Å². The van der Waals surface area contributed by atoms with E-state index in [1.807, 2.05) is 48.5 Å². The average Bonchev–Trinajstić information content (AvgIpc) is 3.07. The van der Waals surface area contributed by atoms with E-state index in [2.05, 4.69) is 10.4 Å². The van der Waals surface area contributed by atoms with Crippen LogP contribution in [0.2, 0.25) is 0 Å². The molecule has 4 rings (SSSR count). The first-order chi connectivity index (χ1) is 13.1.